The Bertz CT molecular complexity index is 529. The Morgan fingerprint density at radius 3 is 2.59 bits per heavy atom. The molecule has 0 spiro atoms. The lowest BCUT2D eigenvalue weighted by molar-refractivity contribution is 0.867. The van der Waals surface area contributed by atoms with Crippen molar-refractivity contribution in [2.75, 3.05) is 0 Å². The largest absolute Gasteiger partial charge is 0.281 e. The highest BCUT2D eigenvalue weighted by Gasteiger charge is 2.04. The molecule has 0 aliphatic rings. The fourth-order valence-corrected chi connectivity index (χ4v) is 1.72. The summed E-state index contributed by atoms with van der Waals surface area (Å²) in [6.07, 6.45) is 0.372. The quantitative estimate of drug-likeness (QED) is 0.871. The molecule has 0 aliphatic carbocycles. The fourth-order valence-electron chi connectivity index (χ4n) is 1.72. The number of nitriles is 1. The highest BCUT2D eigenvalue weighted by atomic mass is 15.1. The lowest BCUT2D eigenvalue weighted by atomic mass is 10.0. The van der Waals surface area contributed by atoms with Crippen LogP contribution in [0.3, 0.4) is 0 Å². The number of rotatable bonds is 3. The Morgan fingerprint density at radius 1 is 1.29 bits per heavy atom. The predicted molar refractivity (Wildman–Crippen MR) is 67.4 cm³/mol. The first-order valence-electron chi connectivity index (χ1n) is 5.72. The number of aromatic amines is 1. The minimum absolute atomic E-state index is 0.372. The van der Waals surface area contributed by atoms with Gasteiger partial charge in [0.05, 0.1) is 18.2 Å². The molecule has 0 atom stereocenters. The minimum atomic E-state index is 0.372. The van der Waals surface area contributed by atoms with E-state index in [2.05, 4.69) is 54.4 Å². The second kappa shape index (κ2) is 4.84. The van der Waals surface area contributed by atoms with Gasteiger partial charge in [0.15, 0.2) is 0 Å². The summed E-state index contributed by atoms with van der Waals surface area (Å²) >= 11 is 0. The molecular formula is C14H15N3. The first kappa shape index (κ1) is 11.4. The molecule has 1 heterocycles. The van der Waals surface area contributed by atoms with Crippen LogP contribution in [-0.2, 0) is 6.42 Å². The van der Waals surface area contributed by atoms with Crippen molar-refractivity contribution >= 4 is 0 Å². The van der Waals surface area contributed by atoms with Gasteiger partial charge < -0.3 is 0 Å². The number of aromatic nitrogens is 2. The van der Waals surface area contributed by atoms with Crippen LogP contribution in [0.15, 0.2) is 30.3 Å². The van der Waals surface area contributed by atoms with Crippen LogP contribution in [0.2, 0.25) is 0 Å². The van der Waals surface area contributed by atoms with E-state index < -0.39 is 0 Å². The summed E-state index contributed by atoms with van der Waals surface area (Å²) in [4.78, 5) is 0. The molecule has 86 valence electrons. The van der Waals surface area contributed by atoms with Crippen LogP contribution in [0.25, 0.3) is 11.3 Å². The van der Waals surface area contributed by atoms with E-state index in [0.29, 0.717) is 12.3 Å². The number of hydrogen-bond donors (Lipinski definition) is 1. The maximum absolute atomic E-state index is 8.60. The fraction of sp³-hybridized carbons (Fsp3) is 0.286. The molecule has 3 heteroatoms. The molecule has 17 heavy (non-hydrogen) atoms. The van der Waals surface area contributed by atoms with Gasteiger partial charge in [0.25, 0.3) is 0 Å². The molecule has 0 amide bonds. The number of hydrogen-bond acceptors (Lipinski definition) is 2. The van der Waals surface area contributed by atoms with E-state index in [0.717, 1.165) is 17.0 Å². The molecule has 1 aromatic carbocycles. The van der Waals surface area contributed by atoms with E-state index in [9.17, 15) is 0 Å². The third-order valence-electron chi connectivity index (χ3n) is 2.77. The van der Waals surface area contributed by atoms with Crippen molar-refractivity contribution in [3.8, 4) is 17.3 Å². The Morgan fingerprint density at radius 2 is 2.00 bits per heavy atom. The van der Waals surface area contributed by atoms with E-state index in [1.54, 1.807) is 0 Å². The highest BCUT2D eigenvalue weighted by molar-refractivity contribution is 5.59. The molecule has 0 saturated heterocycles. The van der Waals surface area contributed by atoms with Crippen LogP contribution in [0.4, 0.5) is 0 Å². The molecule has 0 saturated carbocycles. The van der Waals surface area contributed by atoms with Crippen LogP contribution < -0.4 is 0 Å². The van der Waals surface area contributed by atoms with Gasteiger partial charge >= 0.3 is 0 Å². The average molecular weight is 225 g/mol. The van der Waals surface area contributed by atoms with Crippen LogP contribution in [0.5, 0.6) is 0 Å². The van der Waals surface area contributed by atoms with Gasteiger partial charge in [-0.3, -0.25) is 5.10 Å². The summed E-state index contributed by atoms with van der Waals surface area (Å²) < 4.78 is 0. The molecule has 3 nitrogen and oxygen atoms in total. The molecule has 2 rings (SSSR count). The molecule has 0 bridgehead atoms. The molecule has 1 aromatic heterocycles. The monoisotopic (exact) mass is 225 g/mol. The van der Waals surface area contributed by atoms with Gasteiger partial charge in [-0.2, -0.15) is 10.4 Å². The predicted octanol–water partition coefficient (Wildman–Crippen LogP) is 3.27. The van der Waals surface area contributed by atoms with Crippen LogP contribution >= 0.6 is 0 Å². The number of nitrogens with one attached hydrogen (secondary N) is 1. The van der Waals surface area contributed by atoms with Gasteiger partial charge in [0.2, 0.25) is 0 Å². The van der Waals surface area contributed by atoms with E-state index in [1.165, 1.54) is 5.56 Å². The van der Waals surface area contributed by atoms with E-state index in [1.807, 2.05) is 6.07 Å². The van der Waals surface area contributed by atoms with Crippen molar-refractivity contribution in [1.82, 2.24) is 10.2 Å². The molecule has 0 unspecified atom stereocenters. The first-order valence-corrected chi connectivity index (χ1v) is 5.72. The van der Waals surface area contributed by atoms with E-state index in [4.69, 9.17) is 5.26 Å². The number of H-pyrrole nitrogens is 1. The standard InChI is InChI=1S/C14H15N3/c1-10(2)11-3-5-12(6-4-11)14-9-13(7-8-15)16-17-14/h3-6,9-10H,7H2,1-2H3,(H,16,17). The highest BCUT2D eigenvalue weighted by Crippen LogP contribution is 2.21. The molecule has 2 aromatic rings. The third kappa shape index (κ3) is 2.54. The molecular weight excluding hydrogens is 210 g/mol. The lowest BCUT2D eigenvalue weighted by Gasteiger charge is -2.05. The van der Waals surface area contributed by atoms with Gasteiger partial charge in [0.1, 0.15) is 0 Å². The third-order valence-corrected chi connectivity index (χ3v) is 2.77. The van der Waals surface area contributed by atoms with Gasteiger partial charge in [0, 0.05) is 11.3 Å². The molecule has 0 aliphatic heterocycles. The topological polar surface area (TPSA) is 52.5 Å². The zero-order valence-electron chi connectivity index (χ0n) is 10.1. The van der Waals surface area contributed by atoms with Crippen LogP contribution in [-0.4, -0.2) is 10.2 Å². The SMILES string of the molecule is CC(C)c1ccc(-c2cc(CC#N)[nH]n2)cc1. The summed E-state index contributed by atoms with van der Waals surface area (Å²) in [6.45, 7) is 4.35. The number of benzene rings is 1. The number of nitrogens with zero attached hydrogens (tertiary/aromatic N) is 2. The smallest absolute Gasteiger partial charge is 0.0923 e. The Labute approximate surface area is 101 Å². The summed E-state index contributed by atoms with van der Waals surface area (Å²) in [5.41, 5.74) is 4.15. The van der Waals surface area contributed by atoms with Gasteiger partial charge in [-0.05, 0) is 17.5 Å². The van der Waals surface area contributed by atoms with Gasteiger partial charge in [-0.15, -0.1) is 0 Å². The molecule has 1 N–H and O–H groups in total. The zero-order chi connectivity index (χ0) is 12.3. The minimum Gasteiger partial charge on any atom is -0.281 e. The van der Waals surface area contributed by atoms with Crippen molar-refractivity contribution < 1.29 is 0 Å². The van der Waals surface area contributed by atoms with Crippen LogP contribution in [0.1, 0.15) is 31.0 Å². The second-order valence-electron chi connectivity index (χ2n) is 4.39. The Hall–Kier alpha value is -2.08. The van der Waals surface area contributed by atoms with Gasteiger partial charge in [-0.25, -0.2) is 0 Å². The summed E-state index contributed by atoms with van der Waals surface area (Å²) in [5.74, 6) is 0.539. The Kier molecular flexibility index (Phi) is 3.24. The van der Waals surface area contributed by atoms with E-state index in [-0.39, 0.29) is 0 Å². The summed E-state index contributed by atoms with van der Waals surface area (Å²) in [5, 5.41) is 15.7. The summed E-state index contributed by atoms with van der Waals surface area (Å²) in [7, 11) is 0. The maximum Gasteiger partial charge on any atom is 0.0923 e. The molecule has 0 fully saturated rings. The Balaban J connectivity index is 2.24. The zero-order valence-corrected chi connectivity index (χ0v) is 10.1. The lowest BCUT2D eigenvalue weighted by Crippen LogP contribution is -1.86. The van der Waals surface area contributed by atoms with Crippen LogP contribution in [0, 0.1) is 11.3 Å². The summed E-state index contributed by atoms with van der Waals surface area (Å²) in [6, 6.07) is 12.4. The van der Waals surface area contributed by atoms with Gasteiger partial charge in [-0.1, -0.05) is 38.1 Å². The van der Waals surface area contributed by atoms with Crippen molar-refractivity contribution in [1.29, 1.82) is 5.26 Å². The van der Waals surface area contributed by atoms with Crippen molar-refractivity contribution in [3.05, 3.63) is 41.6 Å². The van der Waals surface area contributed by atoms with E-state index >= 15 is 0 Å². The van der Waals surface area contributed by atoms with Crippen molar-refractivity contribution in [2.45, 2.75) is 26.2 Å². The van der Waals surface area contributed by atoms with Crippen molar-refractivity contribution in [2.24, 2.45) is 0 Å². The normalized spacial score (nSPS) is 10.5. The van der Waals surface area contributed by atoms with Crippen molar-refractivity contribution in [3.63, 3.8) is 0 Å². The maximum atomic E-state index is 8.60. The first-order chi connectivity index (χ1) is 8.20. The molecule has 0 radical (unpaired) electrons. The second-order valence-corrected chi connectivity index (χ2v) is 4.39. The average Bonchev–Trinajstić information content (AvgIpc) is 2.78.